The van der Waals surface area contributed by atoms with Gasteiger partial charge in [-0.25, -0.2) is 0 Å². The van der Waals surface area contributed by atoms with E-state index in [4.69, 9.17) is 0 Å². The molecule has 2 aromatic rings. The summed E-state index contributed by atoms with van der Waals surface area (Å²) in [6.07, 6.45) is 15.2. The number of aromatic nitrogens is 1. The molecule has 2 aliphatic carbocycles. The lowest BCUT2D eigenvalue weighted by molar-refractivity contribution is 0.0799. The fourth-order valence-corrected chi connectivity index (χ4v) is 5.01. The van der Waals surface area contributed by atoms with Crippen LogP contribution in [0.2, 0.25) is 0 Å². The van der Waals surface area contributed by atoms with Crippen molar-refractivity contribution in [2.45, 2.75) is 64.0 Å². The predicted octanol–water partition coefficient (Wildman–Crippen LogP) is 5.80. The van der Waals surface area contributed by atoms with Gasteiger partial charge in [0.2, 0.25) is 0 Å². The molecule has 0 bridgehead atoms. The van der Waals surface area contributed by atoms with Gasteiger partial charge in [-0.2, -0.15) is 0 Å². The number of carbonyl (C=O) groups excluding carboxylic acids is 1. The van der Waals surface area contributed by atoms with E-state index in [9.17, 15) is 4.79 Å². The Morgan fingerprint density at radius 1 is 0.964 bits per heavy atom. The van der Waals surface area contributed by atoms with E-state index < -0.39 is 0 Å². The summed E-state index contributed by atoms with van der Waals surface area (Å²) in [6, 6.07) is 12.7. The molecule has 28 heavy (non-hydrogen) atoms. The van der Waals surface area contributed by atoms with Crippen LogP contribution >= 0.6 is 0 Å². The third-order valence-electron chi connectivity index (χ3n) is 6.63. The Hall–Kier alpha value is -2.55. The summed E-state index contributed by atoms with van der Waals surface area (Å²) in [5.74, 6) is 0.791. The Morgan fingerprint density at radius 3 is 2.61 bits per heavy atom. The van der Waals surface area contributed by atoms with Crippen molar-refractivity contribution in [1.82, 2.24) is 9.47 Å². The van der Waals surface area contributed by atoms with E-state index in [0.29, 0.717) is 12.5 Å². The normalized spacial score (nSPS) is 19.9. The molecule has 1 fully saturated rings. The zero-order valence-corrected chi connectivity index (χ0v) is 16.4. The van der Waals surface area contributed by atoms with Crippen LogP contribution in [0.4, 0.5) is 0 Å². The lowest BCUT2D eigenvalue weighted by Crippen LogP contribution is -2.30. The number of hydrogen-bond acceptors (Lipinski definition) is 1. The second-order valence-electron chi connectivity index (χ2n) is 8.41. The van der Waals surface area contributed by atoms with Crippen molar-refractivity contribution in [3.05, 3.63) is 82.8 Å². The first-order chi connectivity index (χ1) is 13.8. The Kier molecular flexibility index (Phi) is 4.67. The maximum atomic E-state index is 13.5. The molecule has 2 heterocycles. The number of carbonyl (C=O) groups is 1. The van der Waals surface area contributed by atoms with Gasteiger partial charge in [0, 0.05) is 29.7 Å². The molecule has 1 aromatic heterocycles. The second-order valence-corrected chi connectivity index (χ2v) is 8.41. The minimum absolute atomic E-state index is 0.115. The van der Waals surface area contributed by atoms with Crippen molar-refractivity contribution >= 4 is 5.91 Å². The van der Waals surface area contributed by atoms with Crippen molar-refractivity contribution in [3.8, 4) is 0 Å². The van der Waals surface area contributed by atoms with E-state index >= 15 is 0 Å². The van der Waals surface area contributed by atoms with Gasteiger partial charge in [0.15, 0.2) is 0 Å². The zero-order chi connectivity index (χ0) is 18.9. The maximum absolute atomic E-state index is 13.5. The van der Waals surface area contributed by atoms with Crippen molar-refractivity contribution in [2.24, 2.45) is 0 Å². The van der Waals surface area contributed by atoms with E-state index in [1.165, 1.54) is 48.9 Å². The molecule has 3 nitrogen and oxygen atoms in total. The quantitative estimate of drug-likeness (QED) is 0.654. The van der Waals surface area contributed by atoms with Crippen LogP contribution < -0.4 is 0 Å². The Morgan fingerprint density at radius 2 is 1.79 bits per heavy atom. The molecule has 3 aliphatic rings. The molecule has 0 saturated heterocycles. The van der Waals surface area contributed by atoms with Crippen molar-refractivity contribution in [1.29, 1.82) is 0 Å². The van der Waals surface area contributed by atoms with Crippen LogP contribution in [0.25, 0.3) is 0 Å². The van der Waals surface area contributed by atoms with Gasteiger partial charge in [-0.1, -0.05) is 37.5 Å². The largest absolute Gasteiger partial charge is 0.346 e. The molecule has 1 amide bonds. The van der Waals surface area contributed by atoms with E-state index in [1.54, 1.807) is 0 Å². The number of rotatable bonds is 2. The first-order valence-electron chi connectivity index (χ1n) is 10.7. The summed E-state index contributed by atoms with van der Waals surface area (Å²) < 4.78 is 2.29. The monoisotopic (exact) mass is 372 g/mol. The molecule has 1 aromatic carbocycles. The highest BCUT2D eigenvalue weighted by atomic mass is 16.2. The maximum Gasteiger partial charge on any atom is 0.258 e. The van der Waals surface area contributed by atoms with E-state index in [1.807, 2.05) is 17.0 Å². The van der Waals surface area contributed by atoms with E-state index in [0.717, 1.165) is 30.6 Å². The fraction of sp³-hybridized carbons (Fsp3) is 0.400. The summed E-state index contributed by atoms with van der Waals surface area (Å²) in [4.78, 5) is 15.5. The summed E-state index contributed by atoms with van der Waals surface area (Å²) in [6.45, 7) is 1.53. The highest BCUT2D eigenvalue weighted by molar-refractivity contribution is 5.95. The van der Waals surface area contributed by atoms with E-state index in [2.05, 4.69) is 47.2 Å². The van der Waals surface area contributed by atoms with Crippen LogP contribution in [0.15, 0.2) is 66.0 Å². The third kappa shape index (κ3) is 3.23. The Labute approximate surface area is 167 Å². The fourth-order valence-electron chi connectivity index (χ4n) is 5.01. The standard InChI is InChI=1S/C25H28N2O/c28-25(21-14-12-20(13-15-21)19-7-2-1-3-8-19)27-18-23-10-6-16-26(23)17-22-9-4-5-11-24(22)27/h5-6,10-16,19H,1-4,7-9,17-18H2. The lowest BCUT2D eigenvalue weighted by Gasteiger charge is -2.26. The van der Waals surface area contributed by atoms with Gasteiger partial charge in [0.1, 0.15) is 0 Å². The van der Waals surface area contributed by atoms with Crippen LogP contribution in [-0.2, 0) is 13.1 Å². The average molecular weight is 373 g/mol. The molecule has 144 valence electrons. The topological polar surface area (TPSA) is 25.2 Å². The van der Waals surface area contributed by atoms with E-state index in [-0.39, 0.29) is 5.91 Å². The molecule has 3 heteroatoms. The van der Waals surface area contributed by atoms with Crippen LogP contribution in [0, 0.1) is 0 Å². The van der Waals surface area contributed by atoms with Gasteiger partial charge in [-0.3, -0.25) is 4.79 Å². The van der Waals surface area contributed by atoms with Crippen LogP contribution in [0.5, 0.6) is 0 Å². The Balaban J connectivity index is 1.44. The number of nitrogens with zero attached hydrogens (tertiary/aromatic N) is 2. The van der Waals surface area contributed by atoms with Gasteiger partial charge < -0.3 is 9.47 Å². The first kappa shape index (κ1) is 17.5. The third-order valence-corrected chi connectivity index (χ3v) is 6.63. The molecule has 1 aliphatic heterocycles. The van der Waals surface area contributed by atoms with Gasteiger partial charge in [-0.05, 0) is 73.1 Å². The van der Waals surface area contributed by atoms with Crippen molar-refractivity contribution in [2.75, 3.05) is 0 Å². The van der Waals surface area contributed by atoms with Crippen LogP contribution in [0.1, 0.15) is 72.5 Å². The number of fused-ring (bicyclic) bond motifs is 1. The molecule has 0 unspecified atom stereocenters. The summed E-state index contributed by atoms with van der Waals surface area (Å²) in [5, 5.41) is 0. The molecule has 1 saturated carbocycles. The summed E-state index contributed by atoms with van der Waals surface area (Å²) in [5.41, 5.74) is 5.87. The summed E-state index contributed by atoms with van der Waals surface area (Å²) >= 11 is 0. The molecule has 0 atom stereocenters. The van der Waals surface area contributed by atoms with Crippen molar-refractivity contribution < 1.29 is 4.79 Å². The summed E-state index contributed by atoms with van der Waals surface area (Å²) in [7, 11) is 0. The van der Waals surface area contributed by atoms with Crippen LogP contribution in [-0.4, -0.2) is 15.4 Å². The number of benzene rings is 1. The van der Waals surface area contributed by atoms with Crippen molar-refractivity contribution in [3.63, 3.8) is 0 Å². The number of amides is 1. The minimum Gasteiger partial charge on any atom is -0.346 e. The molecular formula is C25H28N2O. The zero-order valence-electron chi connectivity index (χ0n) is 16.4. The molecule has 5 rings (SSSR count). The predicted molar refractivity (Wildman–Crippen MR) is 112 cm³/mol. The molecule has 0 N–H and O–H groups in total. The highest BCUT2D eigenvalue weighted by Gasteiger charge is 2.27. The number of hydrogen-bond donors (Lipinski definition) is 0. The van der Waals surface area contributed by atoms with Crippen LogP contribution in [0.3, 0.4) is 0 Å². The average Bonchev–Trinajstić information content (AvgIpc) is 3.13. The second kappa shape index (κ2) is 7.46. The highest BCUT2D eigenvalue weighted by Crippen LogP contribution is 2.33. The van der Waals surface area contributed by atoms with Gasteiger partial charge >= 0.3 is 0 Å². The van der Waals surface area contributed by atoms with Gasteiger partial charge in [0.05, 0.1) is 6.54 Å². The first-order valence-corrected chi connectivity index (χ1v) is 10.7. The van der Waals surface area contributed by atoms with Gasteiger partial charge in [-0.15, -0.1) is 0 Å². The van der Waals surface area contributed by atoms with Gasteiger partial charge in [0.25, 0.3) is 5.91 Å². The minimum atomic E-state index is 0.115. The molecular weight excluding hydrogens is 344 g/mol. The number of allylic oxidation sites excluding steroid dienone is 3. The molecule has 0 radical (unpaired) electrons. The SMILES string of the molecule is O=C(c1ccc(C2CCCCC2)cc1)N1Cc2cccn2CC2=C1C=CCC2. The molecule has 0 spiro atoms. The lowest BCUT2D eigenvalue weighted by atomic mass is 9.84. The Bertz CT molecular complexity index is 926. The smallest absolute Gasteiger partial charge is 0.258 e.